The summed E-state index contributed by atoms with van der Waals surface area (Å²) in [6, 6.07) is 16.9. The van der Waals surface area contributed by atoms with Crippen LogP contribution < -0.4 is 4.90 Å². The maximum absolute atomic E-state index is 2.68. The minimum absolute atomic E-state index is 0.662. The van der Waals surface area contributed by atoms with Gasteiger partial charge in [0.2, 0.25) is 0 Å². The summed E-state index contributed by atoms with van der Waals surface area (Å²) >= 11 is 0. The topological polar surface area (TPSA) is 9.37 Å². The molecule has 2 nitrogen and oxygen atoms in total. The molecule has 1 N–H and O–H groups in total. The normalized spacial score (nSPS) is 22.2. The van der Waals surface area contributed by atoms with Crippen LogP contribution in [0, 0.1) is 13.8 Å². The van der Waals surface area contributed by atoms with Crippen LogP contribution in [0.15, 0.2) is 42.5 Å². The Hall–Kier alpha value is -2.06. The highest BCUT2D eigenvalue weighted by Crippen LogP contribution is 2.37. The Labute approximate surface area is 156 Å². The predicted molar refractivity (Wildman–Crippen MR) is 108 cm³/mol. The summed E-state index contributed by atoms with van der Waals surface area (Å²) in [5, 5.41) is 1.53. The van der Waals surface area contributed by atoms with Gasteiger partial charge < -0.3 is 9.47 Å². The summed E-state index contributed by atoms with van der Waals surface area (Å²) in [6.07, 6.45) is 5.21. The highest BCUT2D eigenvalue weighted by Gasteiger charge is 2.36. The van der Waals surface area contributed by atoms with Crippen molar-refractivity contribution in [1.82, 2.24) is 4.57 Å². The molecule has 0 fully saturated rings. The van der Waals surface area contributed by atoms with Crippen molar-refractivity contribution in [3.05, 3.63) is 70.4 Å². The molecule has 2 aliphatic rings. The second kappa shape index (κ2) is 6.28. The molecular weight excluding hydrogens is 316 g/mol. The lowest BCUT2D eigenvalue weighted by Crippen LogP contribution is -3.11. The van der Waals surface area contributed by atoms with Gasteiger partial charge in [0.05, 0.1) is 12.2 Å². The smallest absolute Gasteiger partial charge is 0.129 e. The number of aromatic nitrogens is 1. The maximum atomic E-state index is 2.68. The molecule has 1 unspecified atom stereocenters. The van der Waals surface area contributed by atoms with E-state index >= 15 is 0 Å². The molecule has 0 radical (unpaired) electrons. The Morgan fingerprint density at radius 2 is 1.92 bits per heavy atom. The van der Waals surface area contributed by atoms with Crippen LogP contribution >= 0.6 is 0 Å². The molecule has 1 aliphatic heterocycles. The van der Waals surface area contributed by atoms with E-state index in [1.807, 2.05) is 0 Å². The van der Waals surface area contributed by atoms with Crippen molar-refractivity contribution in [1.29, 1.82) is 0 Å². The van der Waals surface area contributed by atoms with Crippen LogP contribution in [0.2, 0.25) is 0 Å². The van der Waals surface area contributed by atoms with Crippen LogP contribution in [0.1, 0.15) is 53.3 Å². The van der Waals surface area contributed by atoms with Crippen molar-refractivity contribution in [2.45, 2.75) is 58.7 Å². The molecule has 2 heterocycles. The van der Waals surface area contributed by atoms with Crippen LogP contribution in [-0.4, -0.2) is 11.1 Å². The zero-order valence-corrected chi connectivity index (χ0v) is 16.0. The van der Waals surface area contributed by atoms with Gasteiger partial charge in [-0.05, 0) is 44.4 Å². The lowest BCUT2D eigenvalue weighted by Gasteiger charge is -2.31. The number of benzene rings is 2. The van der Waals surface area contributed by atoms with E-state index in [0.717, 1.165) is 6.54 Å². The lowest BCUT2D eigenvalue weighted by atomic mass is 9.90. The molecule has 2 atom stereocenters. The Bertz CT molecular complexity index is 962. The molecule has 2 aromatic carbocycles. The summed E-state index contributed by atoms with van der Waals surface area (Å²) < 4.78 is 2.68. The second-order valence-corrected chi connectivity index (χ2v) is 8.41. The van der Waals surface area contributed by atoms with Gasteiger partial charge in [-0.15, -0.1) is 0 Å². The van der Waals surface area contributed by atoms with Gasteiger partial charge in [-0.1, -0.05) is 41.5 Å². The van der Waals surface area contributed by atoms with Gasteiger partial charge in [0.1, 0.15) is 12.6 Å². The fourth-order valence-corrected chi connectivity index (χ4v) is 5.41. The summed E-state index contributed by atoms with van der Waals surface area (Å²) in [6.45, 7) is 8.06. The molecule has 1 aliphatic carbocycles. The highest BCUT2D eigenvalue weighted by molar-refractivity contribution is 5.86. The molecule has 3 aromatic rings. The maximum Gasteiger partial charge on any atom is 0.129 e. The summed E-state index contributed by atoms with van der Waals surface area (Å²) in [4.78, 5) is 1.77. The molecule has 0 bridgehead atoms. The Balaban J connectivity index is 1.60. The molecule has 1 aromatic heterocycles. The fourth-order valence-electron chi connectivity index (χ4n) is 5.41. The average Bonchev–Trinajstić information content (AvgIpc) is 2.82. The van der Waals surface area contributed by atoms with Crippen LogP contribution in [-0.2, 0) is 19.5 Å². The predicted octanol–water partition coefficient (Wildman–Crippen LogP) is 4.12. The van der Waals surface area contributed by atoms with Crippen molar-refractivity contribution in [3.63, 3.8) is 0 Å². The van der Waals surface area contributed by atoms with Crippen LogP contribution in [0.3, 0.4) is 0 Å². The molecular formula is C24H29N2+. The molecule has 5 rings (SSSR count). The SMILES string of the molecule is Cc1cccc(C[NH+]2CCCn3c4c(c5cc(C)ccc53)CCC[C@H]42)c1. The van der Waals surface area contributed by atoms with E-state index in [2.05, 4.69) is 60.9 Å². The van der Waals surface area contributed by atoms with E-state index in [4.69, 9.17) is 0 Å². The average molecular weight is 346 g/mol. The first-order valence-electron chi connectivity index (χ1n) is 10.2. The zero-order chi connectivity index (χ0) is 17.7. The number of nitrogens with zero attached hydrogens (tertiary/aromatic N) is 1. The summed E-state index contributed by atoms with van der Waals surface area (Å²) in [7, 11) is 0. The Morgan fingerprint density at radius 1 is 1.04 bits per heavy atom. The zero-order valence-electron chi connectivity index (χ0n) is 16.0. The van der Waals surface area contributed by atoms with Crippen LogP contribution in [0.25, 0.3) is 10.9 Å². The fraction of sp³-hybridized carbons (Fsp3) is 0.417. The third-order valence-electron chi connectivity index (χ3n) is 6.50. The van der Waals surface area contributed by atoms with Gasteiger partial charge in [-0.3, -0.25) is 0 Å². The monoisotopic (exact) mass is 345 g/mol. The molecule has 134 valence electrons. The third kappa shape index (κ3) is 2.59. The first kappa shape index (κ1) is 16.1. The minimum Gasteiger partial charge on any atom is -0.339 e. The van der Waals surface area contributed by atoms with E-state index in [1.54, 1.807) is 16.2 Å². The van der Waals surface area contributed by atoms with Gasteiger partial charge in [0.15, 0.2) is 0 Å². The van der Waals surface area contributed by atoms with Gasteiger partial charge in [0, 0.05) is 35.9 Å². The first-order valence-corrected chi connectivity index (χ1v) is 10.2. The van der Waals surface area contributed by atoms with E-state index in [0.29, 0.717) is 6.04 Å². The number of fused-ring (bicyclic) bond motifs is 3. The molecule has 0 saturated carbocycles. The number of nitrogens with one attached hydrogen (secondary N) is 1. The van der Waals surface area contributed by atoms with Crippen molar-refractivity contribution in [2.24, 2.45) is 0 Å². The molecule has 2 heteroatoms. The number of hydrogen-bond acceptors (Lipinski definition) is 0. The largest absolute Gasteiger partial charge is 0.339 e. The number of hydrogen-bond donors (Lipinski definition) is 1. The molecule has 0 saturated heterocycles. The first-order chi connectivity index (χ1) is 12.7. The van der Waals surface area contributed by atoms with E-state index in [-0.39, 0.29) is 0 Å². The van der Waals surface area contributed by atoms with Gasteiger partial charge >= 0.3 is 0 Å². The van der Waals surface area contributed by atoms with Gasteiger partial charge in [-0.25, -0.2) is 0 Å². The number of quaternary nitrogens is 1. The standard InChI is InChI=1S/C24H28N2/c1-17-6-3-7-19(14-17)16-25-12-5-13-26-22-11-10-18(2)15-21(22)20-8-4-9-23(25)24(20)26/h3,6-7,10-11,14-15,23H,4-5,8-9,12-13,16H2,1-2H3/p+1/t23-/m1/s1. The summed E-state index contributed by atoms with van der Waals surface area (Å²) in [5.74, 6) is 0. The minimum atomic E-state index is 0.662. The van der Waals surface area contributed by atoms with E-state index < -0.39 is 0 Å². The second-order valence-electron chi connectivity index (χ2n) is 8.41. The van der Waals surface area contributed by atoms with Gasteiger partial charge in [0.25, 0.3) is 0 Å². The van der Waals surface area contributed by atoms with E-state index in [9.17, 15) is 0 Å². The van der Waals surface area contributed by atoms with Gasteiger partial charge in [-0.2, -0.15) is 0 Å². The van der Waals surface area contributed by atoms with E-state index in [1.165, 1.54) is 66.4 Å². The number of aryl methyl sites for hydroxylation is 4. The van der Waals surface area contributed by atoms with Crippen molar-refractivity contribution < 1.29 is 4.90 Å². The Kier molecular flexibility index (Phi) is 3.90. The van der Waals surface area contributed by atoms with Crippen molar-refractivity contribution in [3.8, 4) is 0 Å². The molecule has 26 heavy (non-hydrogen) atoms. The van der Waals surface area contributed by atoms with Crippen molar-refractivity contribution >= 4 is 10.9 Å². The van der Waals surface area contributed by atoms with Crippen molar-refractivity contribution in [2.75, 3.05) is 6.54 Å². The van der Waals surface area contributed by atoms with Crippen LogP contribution in [0.4, 0.5) is 0 Å². The van der Waals surface area contributed by atoms with Crippen LogP contribution in [0.5, 0.6) is 0 Å². The summed E-state index contributed by atoms with van der Waals surface area (Å²) in [5.41, 5.74) is 9.06. The third-order valence-corrected chi connectivity index (χ3v) is 6.50. The Morgan fingerprint density at radius 3 is 2.81 bits per heavy atom. The highest BCUT2D eigenvalue weighted by atomic mass is 15.2. The quantitative estimate of drug-likeness (QED) is 0.715. The molecule has 0 spiro atoms. The number of rotatable bonds is 2. The lowest BCUT2D eigenvalue weighted by molar-refractivity contribution is -0.945. The molecule has 0 amide bonds.